The van der Waals surface area contributed by atoms with Gasteiger partial charge in [-0.3, -0.25) is 0 Å². The van der Waals surface area contributed by atoms with Crippen LogP contribution in [0.4, 0.5) is 10.5 Å². The summed E-state index contributed by atoms with van der Waals surface area (Å²) in [5.41, 5.74) is 1.99. The normalized spacial score (nSPS) is 20.3. The molecule has 5 nitrogen and oxygen atoms in total. The highest BCUT2D eigenvalue weighted by Gasteiger charge is 2.33. The number of hydrogen-bond acceptors (Lipinski definition) is 3. The number of carbonyl (C=O) groups is 1. The molecule has 2 amide bonds. The minimum atomic E-state index is -3.00. The fourth-order valence-electron chi connectivity index (χ4n) is 2.84. The van der Waals surface area contributed by atoms with Gasteiger partial charge in [0.25, 0.3) is 0 Å². The molecule has 1 aliphatic heterocycles. The van der Waals surface area contributed by atoms with E-state index in [4.69, 9.17) is 0 Å². The molecular weight excluding hydrogens is 312 g/mol. The van der Waals surface area contributed by atoms with Crippen LogP contribution in [0.5, 0.6) is 0 Å². The molecule has 1 saturated heterocycles. The van der Waals surface area contributed by atoms with Crippen molar-refractivity contribution in [2.24, 2.45) is 0 Å². The second-order valence-corrected chi connectivity index (χ2v) is 9.33. The molecule has 1 aliphatic rings. The lowest BCUT2D eigenvalue weighted by molar-refractivity contribution is 0.197. The molecule has 128 valence electrons. The first-order valence-electron chi connectivity index (χ1n) is 8.01. The van der Waals surface area contributed by atoms with Crippen molar-refractivity contribution in [3.8, 4) is 0 Å². The van der Waals surface area contributed by atoms with Gasteiger partial charge in [-0.2, -0.15) is 0 Å². The van der Waals surface area contributed by atoms with Gasteiger partial charge in [-0.15, -0.1) is 0 Å². The number of sulfone groups is 1. The smallest absolute Gasteiger partial charge is 0.321 e. The molecule has 0 aliphatic carbocycles. The van der Waals surface area contributed by atoms with Crippen LogP contribution in [0.2, 0.25) is 0 Å². The van der Waals surface area contributed by atoms with Crippen LogP contribution in [-0.4, -0.2) is 43.4 Å². The average molecular weight is 338 g/mol. The lowest BCUT2D eigenvalue weighted by Gasteiger charge is -2.27. The Balaban J connectivity index is 2.05. The van der Waals surface area contributed by atoms with E-state index in [0.717, 1.165) is 5.69 Å². The van der Waals surface area contributed by atoms with Gasteiger partial charge in [-0.1, -0.05) is 32.9 Å². The third kappa shape index (κ3) is 4.47. The number of urea groups is 1. The largest absolute Gasteiger partial charge is 0.322 e. The van der Waals surface area contributed by atoms with Crippen molar-refractivity contribution >= 4 is 21.6 Å². The van der Waals surface area contributed by atoms with Gasteiger partial charge in [-0.05, 0) is 36.5 Å². The van der Waals surface area contributed by atoms with E-state index in [-0.39, 0.29) is 29.0 Å². The van der Waals surface area contributed by atoms with Crippen molar-refractivity contribution in [1.82, 2.24) is 4.90 Å². The molecule has 1 aromatic carbocycles. The van der Waals surface area contributed by atoms with Crippen molar-refractivity contribution in [2.75, 3.05) is 23.4 Å². The maximum atomic E-state index is 12.4. The maximum absolute atomic E-state index is 12.4. The van der Waals surface area contributed by atoms with Crippen molar-refractivity contribution in [3.05, 3.63) is 29.8 Å². The summed E-state index contributed by atoms with van der Waals surface area (Å²) in [6.07, 6.45) is 0.520. The maximum Gasteiger partial charge on any atom is 0.322 e. The number of carbonyl (C=O) groups excluding carboxylic acids is 1. The van der Waals surface area contributed by atoms with E-state index in [1.165, 1.54) is 5.56 Å². The number of rotatable bonds is 3. The van der Waals surface area contributed by atoms with Crippen LogP contribution in [0.3, 0.4) is 0 Å². The summed E-state index contributed by atoms with van der Waals surface area (Å²) >= 11 is 0. The summed E-state index contributed by atoms with van der Waals surface area (Å²) in [4.78, 5) is 14.1. The molecule has 0 spiro atoms. The van der Waals surface area contributed by atoms with Gasteiger partial charge in [-0.25, -0.2) is 13.2 Å². The van der Waals surface area contributed by atoms with E-state index >= 15 is 0 Å². The Morgan fingerprint density at radius 2 is 1.87 bits per heavy atom. The summed E-state index contributed by atoms with van der Waals surface area (Å²) in [7, 11) is -3.00. The van der Waals surface area contributed by atoms with E-state index in [1.807, 2.05) is 31.2 Å². The summed E-state index contributed by atoms with van der Waals surface area (Å²) < 4.78 is 23.2. The molecular formula is C17H26N2O3S. The molecule has 1 N–H and O–H groups in total. The van der Waals surface area contributed by atoms with Gasteiger partial charge in [0, 0.05) is 18.3 Å². The Kier molecular flexibility index (Phi) is 5.04. The Bertz CT molecular complexity index is 660. The van der Waals surface area contributed by atoms with E-state index in [1.54, 1.807) is 4.90 Å². The quantitative estimate of drug-likeness (QED) is 0.921. The van der Waals surface area contributed by atoms with Gasteiger partial charge >= 0.3 is 6.03 Å². The van der Waals surface area contributed by atoms with Gasteiger partial charge in [0.05, 0.1) is 11.5 Å². The number of hydrogen-bond donors (Lipinski definition) is 1. The fourth-order valence-corrected chi connectivity index (χ4v) is 4.57. The average Bonchev–Trinajstić information content (AvgIpc) is 2.79. The Labute approximate surface area is 139 Å². The van der Waals surface area contributed by atoms with Crippen LogP contribution in [0.15, 0.2) is 24.3 Å². The Morgan fingerprint density at radius 1 is 1.26 bits per heavy atom. The lowest BCUT2D eigenvalue weighted by Crippen LogP contribution is -2.43. The molecule has 2 rings (SSSR count). The molecule has 1 heterocycles. The molecule has 1 unspecified atom stereocenters. The van der Waals surface area contributed by atoms with Gasteiger partial charge in [0.2, 0.25) is 0 Å². The van der Waals surface area contributed by atoms with E-state index in [9.17, 15) is 13.2 Å². The van der Waals surface area contributed by atoms with Crippen LogP contribution in [0.25, 0.3) is 0 Å². The molecule has 0 saturated carbocycles. The van der Waals surface area contributed by atoms with Crippen molar-refractivity contribution in [3.63, 3.8) is 0 Å². The first-order valence-corrected chi connectivity index (χ1v) is 9.83. The summed E-state index contributed by atoms with van der Waals surface area (Å²) in [6, 6.07) is 7.32. The molecule has 0 aromatic heterocycles. The van der Waals surface area contributed by atoms with Gasteiger partial charge in [0.15, 0.2) is 9.84 Å². The first kappa shape index (κ1) is 17.8. The zero-order valence-corrected chi connectivity index (χ0v) is 15.1. The second kappa shape index (κ2) is 6.51. The molecule has 0 radical (unpaired) electrons. The highest BCUT2D eigenvalue weighted by Crippen LogP contribution is 2.24. The highest BCUT2D eigenvalue weighted by atomic mass is 32.2. The number of nitrogens with one attached hydrogen (secondary N) is 1. The van der Waals surface area contributed by atoms with E-state index in [2.05, 4.69) is 26.1 Å². The van der Waals surface area contributed by atoms with Crippen LogP contribution in [-0.2, 0) is 15.3 Å². The Hall–Kier alpha value is -1.56. The zero-order valence-electron chi connectivity index (χ0n) is 14.3. The summed E-state index contributed by atoms with van der Waals surface area (Å²) in [5, 5.41) is 2.87. The minimum absolute atomic E-state index is 0.0657. The third-order valence-electron chi connectivity index (χ3n) is 4.25. The zero-order chi connectivity index (χ0) is 17.3. The molecule has 1 fully saturated rings. The monoisotopic (exact) mass is 338 g/mol. The SMILES string of the molecule is CCN(C(=O)Nc1ccc(C(C)(C)C)cc1)C1CCS(=O)(=O)C1. The van der Waals surface area contributed by atoms with E-state index < -0.39 is 9.84 Å². The number of benzene rings is 1. The third-order valence-corrected chi connectivity index (χ3v) is 6.00. The molecule has 1 aromatic rings. The lowest BCUT2D eigenvalue weighted by atomic mass is 9.87. The second-order valence-electron chi connectivity index (χ2n) is 7.10. The standard InChI is InChI=1S/C17H26N2O3S/c1-5-19(15-10-11-23(21,22)12-15)16(20)18-14-8-6-13(7-9-14)17(2,3)4/h6-9,15H,5,10-12H2,1-4H3,(H,18,20). The minimum Gasteiger partial charge on any atom is -0.321 e. The van der Waals surface area contributed by atoms with Crippen LogP contribution in [0.1, 0.15) is 39.7 Å². The topological polar surface area (TPSA) is 66.5 Å². The molecule has 1 atom stereocenters. The molecule has 0 bridgehead atoms. The Morgan fingerprint density at radius 3 is 2.30 bits per heavy atom. The van der Waals surface area contributed by atoms with Crippen molar-refractivity contribution in [2.45, 2.75) is 45.6 Å². The van der Waals surface area contributed by atoms with Gasteiger partial charge in [0.1, 0.15) is 0 Å². The number of nitrogens with zero attached hydrogens (tertiary/aromatic N) is 1. The summed E-state index contributed by atoms with van der Waals surface area (Å²) in [5.74, 6) is 0.235. The molecule has 23 heavy (non-hydrogen) atoms. The predicted molar refractivity (Wildman–Crippen MR) is 93.6 cm³/mol. The molecule has 6 heteroatoms. The van der Waals surface area contributed by atoms with Crippen LogP contribution < -0.4 is 5.32 Å². The number of amides is 2. The van der Waals surface area contributed by atoms with E-state index in [0.29, 0.717) is 13.0 Å². The van der Waals surface area contributed by atoms with Crippen LogP contribution >= 0.6 is 0 Å². The first-order chi connectivity index (χ1) is 10.6. The highest BCUT2D eigenvalue weighted by molar-refractivity contribution is 7.91. The van der Waals surface area contributed by atoms with Gasteiger partial charge < -0.3 is 10.2 Å². The number of anilines is 1. The summed E-state index contributed by atoms with van der Waals surface area (Å²) in [6.45, 7) is 8.78. The predicted octanol–water partition coefficient (Wildman–Crippen LogP) is 3.03. The van der Waals surface area contributed by atoms with Crippen molar-refractivity contribution < 1.29 is 13.2 Å². The van der Waals surface area contributed by atoms with Crippen LogP contribution in [0, 0.1) is 0 Å². The van der Waals surface area contributed by atoms with Crippen molar-refractivity contribution in [1.29, 1.82) is 0 Å². The fraction of sp³-hybridized carbons (Fsp3) is 0.588.